The first-order valence-corrected chi connectivity index (χ1v) is 10.5. The van der Waals surface area contributed by atoms with Gasteiger partial charge in [0, 0.05) is 25.7 Å². The minimum absolute atomic E-state index is 0.185. The lowest BCUT2D eigenvalue weighted by Crippen LogP contribution is -2.55. The maximum absolute atomic E-state index is 13.2. The van der Waals surface area contributed by atoms with Crippen molar-refractivity contribution in [3.8, 4) is 0 Å². The van der Waals surface area contributed by atoms with Gasteiger partial charge in [0.15, 0.2) is 0 Å². The van der Waals surface area contributed by atoms with Gasteiger partial charge in [0.25, 0.3) is 0 Å². The highest BCUT2D eigenvalue weighted by Crippen LogP contribution is 2.24. The van der Waals surface area contributed by atoms with Gasteiger partial charge in [-0.1, -0.05) is 30.3 Å². The van der Waals surface area contributed by atoms with Gasteiger partial charge >= 0.3 is 12.1 Å². The summed E-state index contributed by atoms with van der Waals surface area (Å²) in [4.78, 5) is 50.1. The zero-order valence-electron chi connectivity index (χ0n) is 18.0. The summed E-state index contributed by atoms with van der Waals surface area (Å²) < 4.78 is 39.7. The number of alkyl halides is 3. The number of amides is 4. The highest BCUT2D eigenvalue weighted by Gasteiger charge is 2.44. The van der Waals surface area contributed by atoms with Gasteiger partial charge in [-0.25, -0.2) is 0 Å². The number of rotatable bonds is 10. The molecule has 5 N–H and O–H groups in total. The molecule has 9 nitrogen and oxygen atoms in total. The fraction of sp³-hybridized carbons (Fsp3) is 0.524. The van der Waals surface area contributed by atoms with Gasteiger partial charge in [-0.05, 0) is 24.8 Å². The van der Waals surface area contributed by atoms with Gasteiger partial charge in [0.1, 0.15) is 6.04 Å². The summed E-state index contributed by atoms with van der Waals surface area (Å²) in [5.41, 5.74) is 11.2. The van der Waals surface area contributed by atoms with E-state index in [1.807, 2.05) is 0 Å². The number of halogens is 3. The third-order valence-corrected chi connectivity index (χ3v) is 5.36. The van der Waals surface area contributed by atoms with Crippen LogP contribution < -0.4 is 16.8 Å². The predicted octanol–water partition coefficient (Wildman–Crippen LogP) is -0.0701. The Morgan fingerprint density at radius 3 is 2.42 bits per heavy atom. The summed E-state index contributed by atoms with van der Waals surface area (Å²) in [5.74, 6) is -4.15. The molecule has 1 aromatic rings. The normalized spacial score (nSPS) is 16.8. The molecule has 1 aliphatic rings. The molecule has 0 unspecified atom stereocenters. The Morgan fingerprint density at radius 2 is 1.85 bits per heavy atom. The van der Waals surface area contributed by atoms with E-state index < -0.39 is 54.9 Å². The summed E-state index contributed by atoms with van der Waals surface area (Å²) in [6.07, 6.45) is -4.47. The number of nitrogens with zero attached hydrogens (tertiary/aromatic N) is 2. The van der Waals surface area contributed by atoms with Crippen LogP contribution in [0.3, 0.4) is 0 Å². The van der Waals surface area contributed by atoms with Gasteiger partial charge in [0.2, 0.25) is 17.7 Å². The van der Waals surface area contributed by atoms with E-state index in [-0.39, 0.29) is 26.1 Å². The van der Waals surface area contributed by atoms with Crippen LogP contribution in [0.25, 0.3) is 0 Å². The number of nitrogens with two attached hydrogens (primary N) is 2. The highest BCUT2D eigenvalue weighted by atomic mass is 19.4. The number of hydrogen-bond donors (Lipinski definition) is 3. The average Bonchev–Trinajstić information content (AvgIpc) is 3.22. The fourth-order valence-corrected chi connectivity index (χ4v) is 3.79. The molecule has 33 heavy (non-hydrogen) atoms. The van der Waals surface area contributed by atoms with Crippen molar-refractivity contribution in [2.45, 2.75) is 43.9 Å². The minimum atomic E-state index is -5.06. The van der Waals surface area contributed by atoms with E-state index in [2.05, 4.69) is 5.32 Å². The minimum Gasteiger partial charge on any atom is -0.370 e. The first-order chi connectivity index (χ1) is 15.5. The Balaban J connectivity index is 2.17. The molecule has 4 amide bonds. The number of carbonyl (C=O) groups excluding carboxylic acids is 4. The van der Waals surface area contributed by atoms with Crippen LogP contribution in [-0.4, -0.2) is 77.9 Å². The maximum atomic E-state index is 13.2. The van der Waals surface area contributed by atoms with Crippen LogP contribution in [0.2, 0.25) is 0 Å². The van der Waals surface area contributed by atoms with Crippen molar-refractivity contribution >= 4 is 23.6 Å². The Labute approximate surface area is 189 Å². The molecule has 0 bridgehead atoms. The largest absolute Gasteiger partial charge is 0.471 e. The molecule has 182 valence electrons. The molecular weight excluding hydrogens is 443 g/mol. The van der Waals surface area contributed by atoms with E-state index in [1.54, 1.807) is 30.3 Å². The molecule has 1 fully saturated rings. The van der Waals surface area contributed by atoms with E-state index in [0.717, 1.165) is 5.56 Å². The Hall–Kier alpha value is -3.15. The van der Waals surface area contributed by atoms with E-state index >= 15 is 0 Å². The zero-order chi connectivity index (χ0) is 24.6. The fourth-order valence-electron chi connectivity index (χ4n) is 3.79. The van der Waals surface area contributed by atoms with Crippen LogP contribution in [0.5, 0.6) is 0 Å². The molecule has 2 rings (SSSR count). The maximum Gasteiger partial charge on any atom is 0.471 e. The lowest BCUT2D eigenvalue weighted by molar-refractivity contribution is -0.186. The van der Waals surface area contributed by atoms with Crippen molar-refractivity contribution in [1.82, 2.24) is 15.1 Å². The van der Waals surface area contributed by atoms with Gasteiger partial charge in [-0.15, -0.1) is 0 Å². The first kappa shape index (κ1) is 26.1. The van der Waals surface area contributed by atoms with E-state index in [0.29, 0.717) is 17.7 Å². The van der Waals surface area contributed by atoms with Crippen molar-refractivity contribution < 1.29 is 32.3 Å². The average molecular weight is 471 g/mol. The Bertz CT molecular complexity index is 850. The summed E-state index contributed by atoms with van der Waals surface area (Å²) in [6.45, 7) is -0.718. The molecule has 2 atom stereocenters. The van der Waals surface area contributed by atoms with Crippen LogP contribution in [-0.2, 0) is 25.6 Å². The molecule has 1 heterocycles. The molecule has 0 saturated carbocycles. The van der Waals surface area contributed by atoms with Crippen molar-refractivity contribution in [2.24, 2.45) is 11.5 Å². The van der Waals surface area contributed by atoms with Crippen LogP contribution in [0.15, 0.2) is 30.3 Å². The second-order valence-corrected chi connectivity index (χ2v) is 7.81. The zero-order valence-corrected chi connectivity index (χ0v) is 18.0. The Morgan fingerprint density at radius 1 is 1.18 bits per heavy atom. The van der Waals surface area contributed by atoms with Gasteiger partial charge in [-0.3, -0.25) is 19.2 Å². The third-order valence-electron chi connectivity index (χ3n) is 5.36. The molecule has 0 aromatic heterocycles. The third kappa shape index (κ3) is 7.74. The smallest absolute Gasteiger partial charge is 0.370 e. The number of nitrogens with one attached hydrogen (secondary N) is 1. The molecular formula is C21H28F3N5O4. The van der Waals surface area contributed by atoms with E-state index in [4.69, 9.17) is 11.5 Å². The van der Waals surface area contributed by atoms with Crippen LogP contribution in [0.1, 0.15) is 24.8 Å². The Kier molecular flexibility index (Phi) is 9.21. The lowest BCUT2D eigenvalue weighted by Gasteiger charge is -2.33. The predicted molar refractivity (Wildman–Crippen MR) is 112 cm³/mol. The SMILES string of the molecule is NCC(=O)N[C@@H](CC(N)=O)C(=O)N1CCC[C@H]1CN(CCc1ccccc1)C(=O)C(F)(F)F. The number of carbonyl (C=O) groups is 4. The van der Waals surface area contributed by atoms with E-state index in [1.165, 1.54) is 4.90 Å². The van der Waals surface area contributed by atoms with Crippen molar-refractivity contribution in [3.63, 3.8) is 0 Å². The molecule has 0 aliphatic carbocycles. The van der Waals surface area contributed by atoms with Gasteiger partial charge in [0.05, 0.1) is 13.0 Å². The summed E-state index contributed by atoms with van der Waals surface area (Å²) in [6, 6.07) is 6.77. The van der Waals surface area contributed by atoms with Gasteiger partial charge < -0.3 is 26.6 Å². The van der Waals surface area contributed by atoms with Crippen molar-refractivity contribution in [3.05, 3.63) is 35.9 Å². The van der Waals surface area contributed by atoms with Crippen LogP contribution >= 0.6 is 0 Å². The summed E-state index contributed by atoms with van der Waals surface area (Å²) in [7, 11) is 0. The monoisotopic (exact) mass is 471 g/mol. The highest BCUT2D eigenvalue weighted by molar-refractivity contribution is 5.92. The topological polar surface area (TPSA) is 139 Å². The second kappa shape index (κ2) is 11.6. The quantitative estimate of drug-likeness (QED) is 0.439. The standard InChI is InChI=1S/C21H28F3N5O4/c22-21(23,24)20(33)28(10-8-14-5-2-1-3-6-14)13-15-7-4-9-29(15)19(32)16(11-17(26)30)27-18(31)12-25/h1-3,5-6,15-16H,4,7-13,25H2,(H2,26,30)(H,27,31)/t15-,16-/m0/s1. The summed E-state index contributed by atoms with van der Waals surface area (Å²) in [5, 5.41) is 2.33. The molecule has 1 aromatic carbocycles. The lowest BCUT2D eigenvalue weighted by atomic mass is 10.1. The van der Waals surface area contributed by atoms with Gasteiger partial charge in [-0.2, -0.15) is 13.2 Å². The van der Waals surface area contributed by atoms with Crippen LogP contribution in [0, 0.1) is 0 Å². The van der Waals surface area contributed by atoms with E-state index in [9.17, 15) is 32.3 Å². The molecule has 0 radical (unpaired) electrons. The number of hydrogen-bond acceptors (Lipinski definition) is 5. The molecule has 1 aliphatic heterocycles. The number of primary amides is 1. The number of likely N-dealkylation sites (tertiary alicyclic amines) is 1. The first-order valence-electron chi connectivity index (χ1n) is 10.5. The summed E-state index contributed by atoms with van der Waals surface area (Å²) >= 11 is 0. The molecule has 0 spiro atoms. The second-order valence-electron chi connectivity index (χ2n) is 7.81. The van der Waals surface area contributed by atoms with Crippen molar-refractivity contribution in [2.75, 3.05) is 26.2 Å². The van der Waals surface area contributed by atoms with Crippen molar-refractivity contribution in [1.29, 1.82) is 0 Å². The number of benzene rings is 1. The van der Waals surface area contributed by atoms with Crippen LogP contribution in [0.4, 0.5) is 13.2 Å². The molecule has 12 heteroatoms. The molecule has 1 saturated heterocycles.